The molecule has 0 aliphatic rings. The summed E-state index contributed by atoms with van der Waals surface area (Å²) in [6.07, 6.45) is 26.4. The van der Waals surface area contributed by atoms with Gasteiger partial charge < -0.3 is 28.8 Å². The fourth-order valence-electron chi connectivity index (χ4n) is 4.85. The van der Waals surface area contributed by atoms with Gasteiger partial charge in [-0.05, 0) is 38.5 Å². The summed E-state index contributed by atoms with van der Waals surface area (Å²) in [4.78, 5) is 25.0. The van der Waals surface area contributed by atoms with Crippen LogP contribution < -0.4 is 10.2 Å². The summed E-state index contributed by atoms with van der Waals surface area (Å²) in [6, 6.07) is -0.796. The molecule has 0 bridgehead atoms. The van der Waals surface area contributed by atoms with Crippen molar-refractivity contribution in [1.29, 1.82) is 0 Å². The van der Waals surface area contributed by atoms with Crippen molar-refractivity contribution in [2.75, 3.05) is 40.9 Å². The number of hydrogen-bond acceptors (Lipinski definition) is 6. The lowest BCUT2D eigenvalue weighted by Gasteiger charge is -2.30. The van der Waals surface area contributed by atoms with Gasteiger partial charge in [0.1, 0.15) is 13.2 Å². The molecule has 0 aromatic carbocycles. The number of quaternary nitrogens is 1. The zero-order valence-corrected chi connectivity index (χ0v) is 29.6. The minimum absolute atomic E-state index is 0.0114. The Morgan fingerprint density at radius 3 is 1.84 bits per heavy atom. The van der Waals surface area contributed by atoms with Gasteiger partial charge in [-0.15, -0.1) is 0 Å². The quantitative estimate of drug-likeness (QED) is 0.0349. The van der Waals surface area contributed by atoms with Gasteiger partial charge in [-0.1, -0.05) is 116 Å². The van der Waals surface area contributed by atoms with Crippen molar-refractivity contribution >= 4 is 13.7 Å². The van der Waals surface area contributed by atoms with Crippen LogP contribution in [0.4, 0.5) is 0 Å². The summed E-state index contributed by atoms with van der Waals surface area (Å²) in [5.41, 5.74) is 0. The van der Waals surface area contributed by atoms with E-state index in [0.717, 1.165) is 51.4 Å². The van der Waals surface area contributed by atoms with Crippen molar-refractivity contribution in [3.63, 3.8) is 0 Å². The Balaban J connectivity index is 4.49. The fourth-order valence-corrected chi connectivity index (χ4v) is 5.58. The fraction of sp³-hybridized carbons (Fsp3) is 0.912. The zero-order valence-electron chi connectivity index (χ0n) is 28.7. The molecule has 1 amide bonds. The second kappa shape index (κ2) is 27.5. The van der Waals surface area contributed by atoms with Gasteiger partial charge in [0.05, 0.1) is 39.9 Å². The SMILES string of the molecule is CCCCCC/C=C\CCCCCCCC(=O)NC(COP(=O)([O-])OCC[N+](C)(C)C)C(O)CCCCCCCCCC. The summed E-state index contributed by atoms with van der Waals surface area (Å²) in [6.45, 7) is 4.63. The largest absolute Gasteiger partial charge is 0.756 e. The van der Waals surface area contributed by atoms with E-state index < -0.39 is 20.0 Å². The monoisotopic (exact) mass is 632 g/mol. The Kier molecular flexibility index (Phi) is 27.1. The number of rotatable bonds is 31. The molecule has 0 fully saturated rings. The van der Waals surface area contributed by atoms with Crippen LogP contribution in [0.15, 0.2) is 12.2 Å². The molecule has 0 aliphatic heterocycles. The van der Waals surface area contributed by atoms with E-state index in [-0.39, 0.29) is 19.1 Å². The normalized spacial score (nSPS) is 15.0. The molecule has 0 aromatic rings. The zero-order chi connectivity index (χ0) is 32.2. The van der Waals surface area contributed by atoms with Crippen LogP contribution in [0.1, 0.15) is 149 Å². The summed E-state index contributed by atoms with van der Waals surface area (Å²) in [5, 5.41) is 13.7. The minimum atomic E-state index is -4.54. The van der Waals surface area contributed by atoms with Crippen LogP contribution >= 0.6 is 7.82 Å². The third-order valence-corrected chi connectivity index (χ3v) is 8.72. The number of hydrogen-bond donors (Lipinski definition) is 2. The Bertz CT molecular complexity index is 728. The molecule has 0 aliphatic carbocycles. The number of unbranched alkanes of at least 4 members (excludes halogenated alkanes) is 16. The third-order valence-electron chi connectivity index (χ3n) is 7.75. The van der Waals surface area contributed by atoms with Gasteiger partial charge in [-0.3, -0.25) is 9.36 Å². The highest BCUT2D eigenvalue weighted by molar-refractivity contribution is 7.45. The van der Waals surface area contributed by atoms with E-state index in [1.807, 2.05) is 21.1 Å². The van der Waals surface area contributed by atoms with E-state index >= 15 is 0 Å². The van der Waals surface area contributed by atoms with Crippen molar-refractivity contribution in [2.45, 2.75) is 161 Å². The number of phosphoric acid groups is 1. The molecule has 0 rings (SSSR count). The molecule has 0 heterocycles. The molecule has 43 heavy (non-hydrogen) atoms. The molecule has 3 unspecified atom stereocenters. The van der Waals surface area contributed by atoms with Crippen molar-refractivity contribution in [3.8, 4) is 0 Å². The highest BCUT2D eigenvalue weighted by atomic mass is 31.2. The molecule has 256 valence electrons. The Hall–Kier alpha value is -0.760. The van der Waals surface area contributed by atoms with Crippen LogP contribution in [0.5, 0.6) is 0 Å². The Morgan fingerprint density at radius 2 is 1.28 bits per heavy atom. The van der Waals surface area contributed by atoms with E-state index in [1.54, 1.807) is 0 Å². The second-order valence-corrected chi connectivity index (χ2v) is 14.6. The minimum Gasteiger partial charge on any atom is -0.756 e. The van der Waals surface area contributed by atoms with Crippen molar-refractivity contribution in [3.05, 3.63) is 12.2 Å². The summed E-state index contributed by atoms with van der Waals surface area (Å²) >= 11 is 0. The number of phosphoric ester groups is 1. The number of allylic oxidation sites excluding steroid dienone is 2. The molecule has 0 saturated heterocycles. The number of aliphatic hydroxyl groups excluding tert-OH is 1. The van der Waals surface area contributed by atoms with E-state index in [9.17, 15) is 19.4 Å². The highest BCUT2D eigenvalue weighted by Gasteiger charge is 2.24. The number of carbonyl (C=O) groups is 1. The second-order valence-electron chi connectivity index (χ2n) is 13.2. The first kappa shape index (κ1) is 42.2. The molecule has 0 saturated carbocycles. The topological polar surface area (TPSA) is 108 Å². The number of aliphatic hydroxyl groups is 1. The van der Waals surface area contributed by atoms with Crippen molar-refractivity contribution in [1.82, 2.24) is 5.32 Å². The predicted molar refractivity (Wildman–Crippen MR) is 178 cm³/mol. The average molecular weight is 633 g/mol. The van der Waals surface area contributed by atoms with Gasteiger partial charge in [-0.25, -0.2) is 0 Å². The van der Waals surface area contributed by atoms with Crippen LogP contribution in [0.3, 0.4) is 0 Å². The molecule has 0 spiro atoms. The summed E-state index contributed by atoms with van der Waals surface area (Å²) in [7, 11) is 1.29. The predicted octanol–water partition coefficient (Wildman–Crippen LogP) is 7.83. The molecule has 3 atom stereocenters. The molecule has 9 heteroatoms. The molecular weight excluding hydrogens is 563 g/mol. The molecular formula is C34H69N2O6P. The van der Waals surface area contributed by atoms with Gasteiger partial charge in [0.25, 0.3) is 7.82 Å². The average Bonchev–Trinajstić information content (AvgIpc) is 2.94. The first-order chi connectivity index (χ1) is 20.5. The maximum absolute atomic E-state index is 12.7. The van der Waals surface area contributed by atoms with Crippen LogP contribution in [0.25, 0.3) is 0 Å². The van der Waals surface area contributed by atoms with E-state index in [2.05, 4.69) is 31.3 Å². The number of carbonyl (C=O) groups excluding carboxylic acids is 1. The maximum atomic E-state index is 12.7. The maximum Gasteiger partial charge on any atom is 0.268 e. The van der Waals surface area contributed by atoms with Gasteiger partial charge >= 0.3 is 0 Å². The highest BCUT2D eigenvalue weighted by Crippen LogP contribution is 2.38. The molecule has 0 aromatic heterocycles. The number of likely N-dealkylation sites (N-methyl/N-ethyl adjacent to an activating group) is 1. The molecule has 0 radical (unpaired) electrons. The Morgan fingerprint density at radius 1 is 0.791 bits per heavy atom. The van der Waals surface area contributed by atoms with Gasteiger partial charge in [0.2, 0.25) is 5.91 Å². The summed E-state index contributed by atoms with van der Waals surface area (Å²) in [5.74, 6) is -0.179. The van der Waals surface area contributed by atoms with Gasteiger partial charge in [-0.2, -0.15) is 0 Å². The van der Waals surface area contributed by atoms with Crippen LogP contribution in [-0.4, -0.2) is 68.5 Å². The van der Waals surface area contributed by atoms with Gasteiger partial charge in [0.15, 0.2) is 0 Å². The van der Waals surface area contributed by atoms with Gasteiger partial charge in [0, 0.05) is 6.42 Å². The summed E-state index contributed by atoms with van der Waals surface area (Å²) < 4.78 is 23.0. The first-order valence-electron chi connectivity index (χ1n) is 17.5. The lowest BCUT2D eigenvalue weighted by Crippen LogP contribution is -2.46. The van der Waals surface area contributed by atoms with Crippen LogP contribution in [0.2, 0.25) is 0 Å². The van der Waals surface area contributed by atoms with Crippen LogP contribution in [0, 0.1) is 0 Å². The lowest BCUT2D eigenvalue weighted by atomic mass is 10.0. The third kappa shape index (κ3) is 29.7. The standard InChI is InChI=1S/C34H69N2O6P/c1-6-8-10-12-14-16-17-18-19-20-22-24-26-28-34(38)35-32(31-42-43(39,40)41-30-29-36(3,4)5)33(37)27-25-23-21-15-13-11-9-7-2/h16-17,32-33,37H,6-15,18-31H2,1-5H3,(H-,35,38,39,40)/b17-16-. The van der Waals surface area contributed by atoms with E-state index in [1.165, 1.54) is 70.6 Å². The van der Waals surface area contributed by atoms with Crippen LogP contribution in [-0.2, 0) is 18.4 Å². The number of nitrogens with zero attached hydrogens (tertiary/aromatic N) is 1. The first-order valence-corrected chi connectivity index (χ1v) is 19.0. The van der Waals surface area contributed by atoms with E-state index in [0.29, 0.717) is 23.9 Å². The van der Waals surface area contributed by atoms with E-state index in [4.69, 9.17) is 9.05 Å². The molecule has 2 N–H and O–H groups in total. The smallest absolute Gasteiger partial charge is 0.268 e. The van der Waals surface area contributed by atoms with Crippen molar-refractivity contribution < 1.29 is 32.9 Å². The lowest BCUT2D eigenvalue weighted by molar-refractivity contribution is -0.870. The number of nitrogens with one attached hydrogen (secondary N) is 1. The van der Waals surface area contributed by atoms with Crippen molar-refractivity contribution in [2.24, 2.45) is 0 Å². The Labute approximate surface area is 265 Å². The number of amides is 1. The molecule has 8 nitrogen and oxygen atoms in total.